The van der Waals surface area contributed by atoms with Gasteiger partial charge in [0.25, 0.3) is 0 Å². The Bertz CT molecular complexity index is 319. The van der Waals surface area contributed by atoms with Crippen LogP contribution in [-0.2, 0) is 0 Å². The third-order valence-corrected chi connectivity index (χ3v) is 3.23. The molecule has 0 atom stereocenters. The van der Waals surface area contributed by atoms with Crippen molar-refractivity contribution in [1.82, 2.24) is 4.90 Å². The van der Waals surface area contributed by atoms with Crippen LogP contribution in [0.3, 0.4) is 0 Å². The van der Waals surface area contributed by atoms with Gasteiger partial charge in [0.15, 0.2) is 0 Å². The van der Waals surface area contributed by atoms with Gasteiger partial charge in [-0.1, -0.05) is 24.6 Å². The Morgan fingerprint density at radius 1 is 1.20 bits per heavy atom. The number of anilines is 1. The van der Waals surface area contributed by atoms with E-state index in [1.807, 2.05) is 18.2 Å². The van der Waals surface area contributed by atoms with Crippen LogP contribution in [0.1, 0.15) is 6.92 Å². The molecule has 1 saturated heterocycles. The zero-order valence-corrected chi connectivity index (χ0v) is 9.87. The molecular formula is C12H17ClN2. The topological polar surface area (TPSA) is 6.48 Å². The lowest BCUT2D eigenvalue weighted by Gasteiger charge is -2.35. The van der Waals surface area contributed by atoms with E-state index in [0.717, 1.165) is 37.7 Å². The van der Waals surface area contributed by atoms with Gasteiger partial charge in [-0.25, -0.2) is 0 Å². The molecule has 0 N–H and O–H groups in total. The number of likely N-dealkylation sites (N-methyl/N-ethyl adjacent to an activating group) is 1. The van der Waals surface area contributed by atoms with Gasteiger partial charge in [-0.2, -0.15) is 0 Å². The van der Waals surface area contributed by atoms with Crippen LogP contribution in [-0.4, -0.2) is 37.6 Å². The van der Waals surface area contributed by atoms with Crippen molar-refractivity contribution in [3.63, 3.8) is 0 Å². The molecule has 0 aromatic heterocycles. The first kappa shape index (κ1) is 10.8. The molecule has 1 aliphatic heterocycles. The molecule has 0 aliphatic carbocycles. The minimum absolute atomic E-state index is 0.824. The van der Waals surface area contributed by atoms with Crippen molar-refractivity contribution in [2.24, 2.45) is 0 Å². The maximum atomic E-state index is 5.98. The van der Waals surface area contributed by atoms with Crippen LogP contribution >= 0.6 is 11.6 Å². The highest BCUT2D eigenvalue weighted by Gasteiger charge is 2.15. The van der Waals surface area contributed by atoms with E-state index in [0.29, 0.717) is 0 Å². The summed E-state index contributed by atoms with van der Waals surface area (Å²) < 4.78 is 0. The third-order valence-electron chi connectivity index (χ3n) is 2.99. The summed E-state index contributed by atoms with van der Waals surface area (Å²) in [7, 11) is 0. The Hall–Kier alpha value is -0.730. The van der Waals surface area contributed by atoms with Crippen molar-refractivity contribution in [1.29, 1.82) is 0 Å². The van der Waals surface area contributed by atoms with Gasteiger partial charge in [-0.15, -0.1) is 0 Å². The number of rotatable bonds is 2. The third kappa shape index (κ3) is 2.64. The summed E-state index contributed by atoms with van der Waals surface area (Å²) in [6, 6.07) is 8.12. The Balaban J connectivity index is 2.01. The molecule has 1 aromatic rings. The number of halogens is 1. The number of benzene rings is 1. The Morgan fingerprint density at radius 3 is 2.53 bits per heavy atom. The second kappa shape index (κ2) is 4.86. The Kier molecular flexibility index (Phi) is 3.49. The summed E-state index contributed by atoms with van der Waals surface area (Å²) in [6.45, 7) is 7.90. The van der Waals surface area contributed by atoms with Crippen molar-refractivity contribution in [2.75, 3.05) is 37.6 Å². The second-order valence-electron chi connectivity index (χ2n) is 3.90. The van der Waals surface area contributed by atoms with Gasteiger partial charge in [0, 0.05) is 36.9 Å². The van der Waals surface area contributed by atoms with E-state index >= 15 is 0 Å². The first-order chi connectivity index (χ1) is 7.29. The van der Waals surface area contributed by atoms with Crippen LogP contribution in [0.4, 0.5) is 5.69 Å². The van der Waals surface area contributed by atoms with Gasteiger partial charge in [0.2, 0.25) is 0 Å². The van der Waals surface area contributed by atoms with E-state index in [4.69, 9.17) is 11.6 Å². The SMILES string of the molecule is CCN1CCN(c2cccc(Cl)c2)CC1. The highest BCUT2D eigenvalue weighted by Crippen LogP contribution is 2.20. The molecule has 82 valence electrons. The molecule has 2 nitrogen and oxygen atoms in total. The maximum Gasteiger partial charge on any atom is 0.0426 e. The molecule has 1 heterocycles. The Labute approximate surface area is 96.4 Å². The largest absolute Gasteiger partial charge is 0.369 e. The molecule has 0 saturated carbocycles. The van der Waals surface area contributed by atoms with Crippen LogP contribution in [0, 0.1) is 0 Å². The van der Waals surface area contributed by atoms with Crippen molar-refractivity contribution in [3.05, 3.63) is 29.3 Å². The number of piperazine rings is 1. The lowest BCUT2D eigenvalue weighted by atomic mass is 10.2. The van der Waals surface area contributed by atoms with E-state index in [-0.39, 0.29) is 0 Å². The molecule has 2 rings (SSSR count). The smallest absolute Gasteiger partial charge is 0.0426 e. The lowest BCUT2D eigenvalue weighted by molar-refractivity contribution is 0.271. The second-order valence-corrected chi connectivity index (χ2v) is 4.34. The first-order valence-corrected chi connectivity index (χ1v) is 5.90. The monoisotopic (exact) mass is 224 g/mol. The van der Waals surface area contributed by atoms with Crippen LogP contribution in [0.15, 0.2) is 24.3 Å². The van der Waals surface area contributed by atoms with Crippen LogP contribution in [0.25, 0.3) is 0 Å². The van der Waals surface area contributed by atoms with Gasteiger partial charge < -0.3 is 9.80 Å². The summed E-state index contributed by atoms with van der Waals surface area (Å²) >= 11 is 5.98. The highest BCUT2D eigenvalue weighted by atomic mass is 35.5. The molecular weight excluding hydrogens is 208 g/mol. The van der Waals surface area contributed by atoms with Crippen molar-refractivity contribution in [3.8, 4) is 0 Å². The van der Waals surface area contributed by atoms with E-state index in [1.165, 1.54) is 5.69 Å². The predicted molar refractivity (Wildman–Crippen MR) is 65.8 cm³/mol. The van der Waals surface area contributed by atoms with Gasteiger partial charge >= 0.3 is 0 Å². The first-order valence-electron chi connectivity index (χ1n) is 5.52. The zero-order chi connectivity index (χ0) is 10.7. The summed E-state index contributed by atoms with van der Waals surface area (Å²) in [5.74, 6) is 0. The molecule has 0 amide bonds. The molecule has 0 spiro atoms. The molecule has 1 aliphatic rings. The van der Waals surface area contributed by atoms with Gasteiger partial charge in [-0.05, 0) is 24.7 Å². The molecule has 0 bridgehead atoms. The van der Waals surface area contributed by atoms with Crippen LogP contribution < -0.4 is 4.90 Å². The molecule has 3 heteroatoms. The number of nitrogens with zero attached hydrogens (tertiary/aromatic N) is 2. The summed E-state index contributed by atoms with van der Waals surface area (Å²) in [5, 5.41) is 0.824. The molecule has 1 aromatic carbocycles. The van der Waals surface area contributed by atoms with E-state index in [1.54, 1.807) is 0 Å². The fourth-order valence-corrected chi connectivity index (χ4v) is 2.18. The summed E-state index contributed by atoms with van der Waals surface area (Å²) in [5.41, 5.74) is 1.25. The summed E-state index contributed by atoms with van der Waals surface area (Å²) in [6.07, 6.45) is 0. The lowest BCUT2D eigenvalue weighted by Crippen LogP contribution is -2.46. The molecule has 0 unspecified atom stereocenters. The average Bonchev–Trinajstić information content (AvgIpc) is 2.29. The maximum absolute atomic E-state index is 5.98. The van der Waals surface area contributed by atoms with Crippen LogP contribution in [0.5, 0.6) is 0 Å². The van der Waals surface area contributed by atoms with Crippen LogP contribution in [0.2, 0.25) is 5.02 Å². The minimum atomic E-state index is 0.824. The molecule has 1 fully saturated rings. The minimum Gasteiger partial charge on any atom is -0.369 e. The standard InChI is InChI=1S/C12H17ClN2/c1-2-14-6-8-15(9-7-14)12-5-3-4-11(13)10-12/h3-5,10H,2,6-9H2,1H3. The quantitative estimate of drug-likeness (QED) is 0.762. The Morgan fingerprint density at radius 2 is 1.93 bits per heavy atom. The fraction of sp³-hybridized carbons (Fsp3) is 0.500. The van der Waals surface area contributed by atoms with Crippen molar-refractivity contribution >= 4 is 17.3 Å². The van der Waals surface area contributed by atoms with E-state index in [2.05, 4.69) is 22.8 Å². The number of hydrogen-bond acceptors (Lipinski definition) is 2. The summed E-state index contributed by atoms with van der Waals surface area (Å²) in [4.78, 5) is 4.87. The van der Waals surface area contributed by atoms with Gasteiger partial charge in [0.1, 0.15) is 0 Å². The van der Waals surface area contributed by atoms with E-state index in [9.17, 15) is 0 Å². The highest BCUT2D eigenvalue weighted by molar-refractivity contribution is 6.30. The van der Waals surface area contributed by atoms with Gasteiger partial charge in [-0.3, -0.25) is 0 Å². The normalized spacial score (nSPS) is 18.1. The van der Waals surface area contributed by atoms with Crippen molar-refractivity contribution in [2.45, 2.75) is 6.92 Å². The van der Waals surface area contributed by atoms with Crippen molar-refractivity contribution < 1.29 is 0 Å². The van der Waals surface area contributed by atoms with E-state index < -0.39 is 0 Å². The fourth-order valence-electron chi connectivity index (χ4n) is 2.00. The number of hydrogen-bond donors (Lipinski definition) is 0. The predicted octanol–water partition coefficient (Wildman–Crippen LogP) is 2.48. The average molecular weight is 225 g/mol. The van der Waals surface area contributed by atoms with Gasteiger partial charge in [0.05, 0.1) is 0 Å². The molecule has 15 heavy (non-hydrogen) atoms. The zero-order valence-electron chi connectivity index (χ0n) is 9.12. The molecule has 0 radical (unpaired) electrons.